The van der Waals surface area contributed by atoms with E-state index in [1.54, 1.807) is 27.9 Å². The summed E-state index contributed by atoms with van der Waals surface area (Å²) in [6.45, 7) is 26.5. The summed E-state index contributed by atoms with van der Waals surface area (Å²) < 4.78 is 0. The Balaban J connectivity index is 0.000000106. The number of Topliss-reactive ketones (excluding diaryl/α,β-unsaturated/α-hetero) is 3. The van der Waals surface area contributed by atoms with Crippen LogP contribution in [0.5, 0.6) is 0 Å². The van der Waals surface area contributed by atoms with Crippen LogP contribution in [0.2, 0.25) is 0 Å². The molecule has 0 spiro atoms. The van der Waals surface area contributed by atoms with Gasteiger partial charge in [0.05, 0.1) is 12.2 Å². The predicted molar refractivity (Wildman–Crippen MR) is 351 cm³/mol. The number of aliphatic hydroxyl groups is 2. The second-order valence-electron chi connectivity index (χ2n) is 35.4. The summed E-state index contributed by atoms with van der Waals surface area (Å²) in [5.74, 6) is 11.3. The van der Waals surface area contributed by atoms with Crippen molar-refractivity contribution in [3.8, 4) is 0 Å². The van der Waals surface area contributed by atoms with Crippen molar-refractivity contribution in [1.29, 1.82) is 0 Å². The van der Waals surface area contributed by atoms with E-state index in [-0.39, 0.29) is 28.5 Å². The fraction of sp³-hybridized carbons (Fsp3) is 0.815. The maximum Gasteiger partial charge on any atom is 0.139 e. The number of hydrogen-bond donors (Lipinski definition) is 2. The molecule has 0 amide bonds. The molecular weight excluding hydrogens is 1050 g/mol. The molecule has 0 aliphatic heterocycles. The van der Waals surface area contributed by atoms with Crippen molar-refractivity contribution in [1.82, 2.24) is 0 Å². The lowest BCUT2D eigenvalue weighted by molar-refractivity contribution is -0.128. The predicted octanol–water partition coefficient (Wildman–Crippen LogP) is 19.8. The molecule has 8 unspecified atom stereocenters. The molecule has 16 rings (SSSR count). The SMILES string of the molecule is C/C=C1/CCC2C3CC[C@@H]4C[C@H](C)CC[C@]4(C)C3=CC[C@]12C.C/C=C1/CCC2C3CC[C@@H]4C[C@H](O)CC[C@]4(C)C3=CC[C@]12C.C[C@]12CC=C3C(CC[C@@H]4CC(=O)CC[C@]34C)C1CCC2=O.C[C@]12CC=C3C(CC[C@@H]4C[C@H](O)CC[C@]34C)C1CCC2=O. The van der Waals surface area contributed by atoms with Gasteiger partial charge in [-0.05, 0) is 303 Å². The number of fused-ring (bicyclic) bond motifs is 20. The summed E-state index contributed by atoms with van der Waals surface area (Å²) in [5.41, 5.74) is 12.8. The highest BCUT2D eigenvalue weighted by atomic mass is 16.3. The van der Waals surface area contributed by atoms with E-state index in [0.717, 1.165) is 131 Å². The van der Waals surface area contributed by atoms with Gasteiger partial charge in [0.1, 0.15) is 17.3 Å². The summed E-state index contributed by atoms with van der Waals surface area (Å²) in [5, 5.41) is 20.1. The molecule has 0 aromatic heterocycles. The molecule has 0 radical (unpaired) electrons. The highest BCUT2D eigenvalue weighted by Crippen LogP contribution is 2.69. The number of carbonyl (C=O) groups is 3. The number of carbonyl (C=O) groups excluding carboxylic acids is 3. The van der Waals surface area contributed by atoms with Gasteiger partial charge >= 0.3 is 0 Å². The van der Waals surface area contributed by atoms with E-state index in [0.29, 0.717) is 79.9 Å². The average Bonchev–Trinajstić information content (AvgIpc) is 1.42. The molecule has 0 aromatic rings. The van der Waals surface area contributed by atoms with Crippen LogP contribution in [0.25, 0.3) is 0 Å². The Kier molecular flexibility index (Phi) is 16.3. The van der Waals surface area contributed by atoms with Crippen molar-refractivity contribution in [3.63, 3.8) is 0 Å². The van der Waals surface area contributed by atoms with Gasteiger partial charge in [0.25, 0.3) is 0 Å². The minimum atomic E-state index is -0.0815. The molecule has 0 heterocycles. The Bertz CT molecular complexity index is 2780. The average molecular weight is 1170 g/mol. The highest BCUT2D eigenvalue weighted by Gasteiger charge is 2.61. The topological polar surface area (TPSA) is 91.7 Å². The van der Waals surface area contributed by atoms with Crippen molar-refractivity contribution in [3.05, 3.63) is 69.9 Å². The largest absolute Gasteiger partial charge is 0.393 e. The normalized spacial score (nSPS) is 51.9. The van der Waals surface area contributed by atoms with Gasteiger partial charge in [-0.1, -0.05) is 132 Å². The first-order valence-electron chi connectivity index (χ1n) is 37.0. The van der Waals surface area contributed by atoms with Crippen molar-refractivity contribution >= 4 is 17.3 Å². The minimum Gasteiger partial charge on any atom is -0.393 e. The number of hydrogen-bond acceptors (Lipinski definition) is 5. The summed E-state index contributed by atoms with van der Waals surface area (Å²) >= 11 is 0. The highest BCUT2D eigenvalue weighted by molar-refractivity contribution is 5.88. The molecule has 474 valence electrons. The maximum atomic E-state index is 12.3. The fourth-order valence-electron chi connectivity index (χ4n) is 26.3. The van der Waals surface area contributed by atoms with Crippen molar-refractivity contribution in [2.45, 2.75) is 294 Å². The summed E-state index contributed by atoms with van der Waals surface area (Å²) in [7, 11) is 0. The van der Waals surface area contributed by atoms with Crippen molar-refractivity contribution in [2.24, 2.45) is 120 Å². The molecule has 0 bridgehead atoms. The van der Waals surface area contributed by atoms with Gasteiger partial charge in [-0.2, -0.15) is 0 Å². The van der Waals surface area contributed by atoms with Gasteiger partial charge in [-0.15, -0.1) is 0 Å². The Labute approximate surface area is 523 Å². The van der Waals surface area contributed by atoms with Crippen LogP contribution in [0, 0.1) is 120 Å². The Morgan fingerprint density at radius 1 is 0.372 bits per heavy atom. The molecule has 23 atom stereocenters. The molecular formula is C81H120O5. The zero-order valence-electron chi connectivity index (χ0n) is 56.4. The fourth-order valence-corrected chi connectivity index (χ4v) is 26.3. The zero-order chi connectivity index (χ0) is 60.7. The lowest BCUT2D eigenvalue weighted by Crippen LogP contribution is -2.48. The minimum absolute atomic E-state index is 0.0369. The number of rotatable bonds is 0. The molecule has 12 saturated carbocycles. The van der Waals surface area contributed by atoms with E-state index in [1.807, 2.05) is 5.57 Å². The van der Waals surface area contributed by atoms with Gasteiger partial charge in [0.2, 0.25) is 0 Å². The molecule has 2 N–H and O–H groups in total. The van der Waals surface area contributed by atoms with Crippen LogP contribution in [0.3, 0.4) is 0 Å². The third-order valence-corrected chi connectivity index (χ3v) is 31.9. The van der Waals surface area contributed by atoms with Crippen LogP contribution in [0.15, 0.2) is 69.9 Å². The second-order valence-corrected chi connectivity index (χ2v) is 35.4. The maximum absolute atomic E-state index is 12.3. The molecule has 5 heteroatoms. The van der Waals surface area contributed by atoms with Crippen LogP contribution in [-0.2, 0) is 14.4 Å². The first-order valence-corrected chi connectivity index (χ1v) is 37.0. The zero-order valence-corrected chi connectivity index (χ0v) is 56.4. The molecule has 12 fully saturated rings. The Morgan fingerprint density at radius 3 is 1.12 bits per heavy atom. The van der Waals surface area contributed by atoms with Crippen LogP contribution in [-0.4, -0.2) is 39.8 Å². The van der Waals surface area contributed by atoms with Gasteiger partial charge in [0.15, 0.2) is 0 Å². The summed E-state index contributed by atoms with van der Waals surface area (Å²) in [4.78, 5) is 36.5. The van der Waals surface area contributed by atoms with E-state index in [4.69, 9.17) is 0 Å². The van der Waals surface area contributed by atoms with Crippen LogP contribution >= 0.6 is 0 Å². The van der Waals surface area contributed by atoms with E-state index >= 15 is 0 Å². The van der Waals surface area contributed by atoms with Gasteiger partial charge in [-0.3, -0.25) is 14.4 Å². The summed E-state index contributed by atoms with van der Waals surface area (Å²) in [6, 6.07) is 0. The molecule has 0 aromatic carbocycles. The van der Waals surface area contributed by atoms with E-state index in [9.17, 15) is 24.6 Å². The first kappa shape index (κ1) is 62.2. The van der Waals surface area contributed by atoms with Crippen molar-refractivity contribution in [2.75, 3.05) is 0 Å². The van der Waals surface area contributed by atoms with E-state index in [1.165, 1.54) is 116 Å². The second kappa shape index (κ2) is 22.6. The number of ketones is 3. The van der Waals surface area contributed by atoms with Crippen LogP contribution in [0.4, 0.5) is 0 Å². The van der Waals surface area contributed by atoms with Gasteiger partial charge < -0.3 is 10.2 Å². The van der Waals surface area contributed by atoms with Crippen LogP contribution < -0.4 is 0 Å². The molecule has 0 saturated heterocycles. The van der Waals surface area contributed by atoms with Gasteiger partial charge in [-0.25, -0.2) is 0 Å². The third kappa shape index (κ3) is 9.65. The summed E-state index contributed by atoms with van der Waals surface area (Å²) in [6.07, 6.45) is 52.7. The van der Waals surface area contributed by atoms with E-state index < -0.39 is 0 Å². The Morgan fingerprint density at radius 2 is 0.709 bits per heavy atom. The number of aliphatic hydroxyl groups excluding tert-OH is 2. The monoisotopic (exact) mass is 1170 g/mol. The smallest absolute Gasteiger partial charge is 0.139 e. The third-order valence-electron chi connectivity index (χ3n) is 31.9. The molecule has 86 heavy (non-hydrogen) atoms. The Hall–Kier alpha value is -2.63. The van der Waals surface area contributed by atoms with E-state index in [2.05, 4.69) is 113 Å². The molecule has 5 nitrogen and oxygen atoms in total. The van der Waals surface area contributed by atoms with Gasteiger partial charge in [0, 0.05) is 36.5 Å². The van der Waals surface area contributed by atoms with Crippen molar-refractivity contribution < 1.29 is 24.6 Å². The molecule has 16 aliphatic carbocycles. The standard InChI is InChI=1S/C22H34.C21H32O.C19H28O2.C19H26O2/c1-5-16-7-9-19-18-8-6-17-14-15(2)10-12-22(17,4)20(18)11-13-21(16,19)3;1-4-14-6-8-18-17-7-5-15-13-16(22)9-11-21(15,3)19(17)10-12-20(14,18)2;2*1-18-9-7-13(20)11-12(18)3-4-14-15-5-6-17(21)19(15,2)10-8-16(14)18/h5,11,15,17-19H,6-10,12-14H2,1-4H3;4,10,15-18,22H,5-9,11-13H2,1-3H3;8,12-15,20H,3-7,9-11H2,1-2H3;8,12,14-15H,3-7,9-11H2,1-2H3/b16-5-;14-4-;;/t15-,17-,18?,19?,21-,22+;15-,16-,17?,18?,20-,21+;12-,13-,14?,15?,18+,19+;12-,14?,15?,18+,19+/m1111/s1. The lowest BCUT2D eigenvalue weighted by atomic mass is 9.48. The number of allylic oxidation sites excluding steroid dienone is 12. The quantitative estimate of drug-likeness (QED) is 0.236. The molecule has 16 aliphatic rings. The first-order chi connectivity index (χ1) is 40.9. The lowest BCUT2D eigenvalue weighted by Gasteiger charge is -2.56. The van der Waals surface area contributed by atoms with Crippen LogP contribution in [0.1, 0.15) is 282 Å².